The number of amides is 1. The van der Waals surface area contributed by atoms with Crippen LogP contribution in [0.5, 0.6) is 0 Å². The number of halogens is 1. The SMILES string of the molecule is O=C(O)c1ccc(CNC(=O)c2ccc3nc(Cc4ccc(F)cc4)cn3c2)cc1. The summed E-state index contributed by atoms with van der Waals surface area (Å²) in [6.45, 7) is 0.288. The maximum Gasteiger partial charge on any atom is 0.335 e. The summed E-state index contributed by atoms with van der Waals surface area (Å²) in [5.74, 6) is -1.51. The summed E-state index contributed by atoms with van der Waals surface area (Å²) in [7, 11) is 0. The average molecular weight is 403 g/mol. The fourth-order valence-electron chi connectivity index (χ4n) is 3.12. The molecule has 0 saturated heterocycles. The molecule has 7 heteroatoms. The maximum atomic E-state index is 13.1. The van der Waals surface area contributed by atoms with Gasteiger partial charge in [0.2, 0.25) is 0 Å². The second-order valence-corrected chi connectivity index (χ2v) is 6.90. The van der Waals surface area contributed by atoms with E-state index in [2.05, 4.69) is 10.3 Å². The van der Waals surface area contributed by atoms with Gasteiger partial charge >= 0.3 is 5.97 Å². The molecule has 0 aliphatic carbocycles. The van der Waals surface area contributed by atoms with Gasteiger partial charge in [0.1, 0.15) is 11.5 Å². The number of benzene rings is 2. The first-order valence-corrected chi connectivity index (χ1v) is 9.30. The number of aromatic carboxylic acids is 1. The van der Waals surface area contributed by atoms with Crippen molar-refractivity contribution in [1.29, 1.82) is 0 Å². The Hall–Kier alpha value is -4.00. The smallest absolute Gasteiger partial charge is 0.335 e. The van der Waals surface area contributed by atoms with Gasteiger partial charge in [-0.1, -0.05) is 24.3 Å². The molecule has 2 aromatic carbocycles. The minimum atomic E-state index is -0.988. The van der Waals surface area contributed by atoms with E-state index >= 15 is 0 Å². The Labute approximate surface area is 171 Å². The van der Waals surface area contributed by atoms with Gasteiger partial charge in [0.15, 0.2) is 0 Å². The molecular formula is C23H18FN3O3. The number of hydrogen-bond acceptors (Lipinski definition) is 3. The van der Waals surface area contributed by atoms with Crippen molar-refractivity contribution < 1.29 is 19.1 Å². The Morgan fingerprint density at radius 1 is 0.900 bits per heavy atom. The fourth-order valence-corrected chi connectivity index (χ4v) is 3.12. The molecular weight excluding hydrogens is 385 g/mol. The molecule has 0 saturated carbocycles. The normalized spacial score (nSPS) is 10.8. The van der Waals surface area contributed by atoms with Gasteiger partial charge in [-0.3, -0.25) is 4.79 Å². The van der Waals surface area contributed by atoms with E-state index in [9.17, 15) is 14.0 Å². The number of pyridine rings is 1. The predicted octanol–water partition coefficient (Wildman–Crippen LogP) is 3.69. The quantitative estimate of drug-likeness (QED) is 0.514. The number of carbonyl (C=O) groups is 2. The molecule has 0 aliphatic rings. The van der Waals surface area contributed by atoms with Crippen LogP contribution in [0, 0.1) is 5.82 Å². The van der Waals surface area contributed by atoms with Crippen molar-refractivity contribution in [3.63, 3.8) is 0 Å². The maximum absolute atomic E-state index is 13.1. The van der Waals surface area contributed by atoms with Crippen LogP contribution in [0.3, 0.4) is 0 Å². The number of rotatable bonds is 6. The van der Waals surface area contributed by atoms with Crippen LogP contribution in [0.25, 0.3) is 5.65 Å². The lowest BCUT2D eigenvalue weighted by molar-refractivity contribution is 0.0696. The standard InChI is InChI=1S/C23H18FN3O3/c24-19-8-3-15(4-9-19)11-20-14-27-13-18(7-10-21(27)26-20)22(28)25-12-16-1-5-17(6-2-16)23(29)30/h1-10,13-14H,11-12H2,(H,25,28)(H,29,30). The molecule has 0 aliphatic heterocycles. The molecule has 6 nitrogen and oxygen atoms in total. The molecule has 0 radical (unpaired) electrons. The van der Waals surface area contributed by atoms with Crippen LogP contribution in [0.15, 0.2) is 73.1 Å². The van der Waals surface area contributed by atoms with Crippen LogP contribution in [-0.2, 0) is 13.0 Å². The zero-order valence-corrected chi connectivity index (χ0v) is 15.9. The first kappa shape index (κ1) is 19.3. The van der Waals surface area contributed by atoms with Gasteiger partial charge in [0, 0.05) is 25.4 Å². The van der Waals surface area contributed by atoms with E-state index in [1.807, 2.05) is 6.20 Å². The number of carboxylic acid groups (broad SMARTS) is 1. The lowest BCUT2D eigenvalue weighted by atomic mass is 10.1. The summed E-state index contributed by atoms with van der Waals surface area (Å²) in [5.41, 5.74) is 3.97. The Kier molecular flexibility index (Phi) is 5.26. The zero-order chi connectivity index (χ0) is 21.1. The average Bonchev–Trinajstić information content (AvgIpc) is 3.15. The van der Waals surface area contributed by atoms with Crippen molar-refractivity contribution in [2.75, 3.05) is 0 Å². The first-order chi connectivity index (χ1) is 14.5. The molecule has 30 heavy (non-hydrogen) atoms. The van der Waals surface area contributed by atoms with Gasteiger partial charge < -0.3 is 14.8 Å². The summed E-state index contributed by atoms with van der Waals surface area (Å²) in [6.07, 6.45) is 4.12. The van der Waals surface area contributed by atoms with E-state index in [0.29, 0.717) is 17.6 Å². The highest BCUT2D eigenvalue weighted by molar-refractivity contribution is 5.94. The Morgan fingerprint density at radius 2 is 1.57 bits per heavy atom. The number of nitrogens with zero attached hydrogens (tertiary/aromatic N) is 2. The fraction of sp³-hybridized carbons (Fsp3) is 0.0870. The number of hydrogen-bond donors (Lipinski definition) is 2. The summed E-state index contributed by atoms with van der Waals surface area (Å²) >= 11 is 0. The van der Waals surface area contributed by atoms with Gasteiger partial charge in [-0.15, -0.1) is 0 Å². The van der Waals surface area contributed by atoms with E-state index in [4.69, 9.17) is 5.11 Å². The van der Waals surface area contributed by atoms with E-state index in [1.165, 1.54) is 24.3 Å². The monoisotopic (exact) mass is 403 g/mol. The molecule has 4 rings (SSSR count). The molecule has 0 fully saturated rings. The molecule has 0 atom stereocenters. The highest BCUT2D eigenvalue weighted by Crippen LogP contribution is 2.13. The molecule has 0 bridgehead atoms. The number of imidazole rings is 1. The summed E-state index contributed by atoms with van der Waals surface area (Å²) in [5, 5.41) is 11.8. The molecule has 2 aromatic heterocycles. The van der Waals surface area contributed by atoms with Gasteiger partial charge in [0.25, 0.3) is 5.91 Å². The molecule has 2 heterocycles. The molecule has 0 spiro atoms. The summed E-state index contributed by atoms with van der Waals surface area (Å²) < 4.78 is 14.8. The lowest BCUT2D eigenvalue weighted by Gasteiger charge is -2.06. The Balaban J connectivity index is 1.44. The molecule has 4 aromatic rings. The molecule has 150 valence electrons. The number of carbonyl (C=O) groups excluding carboxylic acids is 1. The topological polar surface area (TPSA) is 83.7 Å². The molecule has 0 unspecified atom stereocenters. The summed E-state index contributed by atoms with van der Waals surface area (Å²) in [6, 6.07) is 16.1. The predicted molar refractivity (Wildman–Crippen MR) is 109 cm³/mol. The lowest BCUT2D eigenvalue weighted by Crippen LogP contribution is -2.23. The second-order valence-electron chi connectivity index (χ2n) is 6.90. The van der Waals surface area contributed by atoms with E-state index in [1.54, 1.807) is 47.0 Å². The van der Waals surface area contributed by atoms with Crippen molar-refractivity contribution in [3.05, 3.63) is 107 Å². The van der Waals surface area contributed by atoms with Crippen LogP contribution in [0.4, 0.5) is 4.39 Å². The minimum absolute atomic E-state index is 0.201. The number of carboxylic acids is 1. The van der Waals surface area contributed by atoms with Crippen molar-refractivity contribution in [2.45, 2.75) is 13.0 Å². The molecule has 1 amide bonds. The number of fused-ring (bicyclic) bond motifs is 1. The first-order valence-electron chi connectivity index (χ1n) is 9.30. The number of aromatic nitrogens is 2. The zero-order valence-electron chi connectivity index (χ0n) is 15.9. The molecule has 2 N–H and O–H groups in total. The Morgan fingerprint density at radius 3 is 2.27 bits per heavy atom. The van der Waals surface area contributed by atoms with E-state index in [-0.39, 0.29) is 23.8 Å². The van der Waals surface area contributed by atoms with Crippen LogP contribution >= 0.6 is 0 Å². The highest BCUT2D eigenvalue weighted by atomic mass is 19.1. The number of nitrogens with one attached hydrogen (secondary N) is 1. The van der Waals surface area contributed by atoms with E-state index in [0.717, 1.165) is 16.8 Å². The largest absolute Gasteiger partial charge is 0.478 e. The van der Waals surface area contributed by atoms with Crippen molar-refractivity contribution in [2.24, 2.45) is 0 Å². The minimum Gasteiger partial charge on any atom is -0.478 e. The van der Waals surface area contributed by atoms with Crippen molar-refractivity contribution >= 4 is 17.5 Å². The van der Waals surface area contributed by atoms with Gasteiger partial charge in [-0.2, -0.15) is 0 Å². The van der Waals surface area contributed by atoms with Crippen LogP contribution < -0.4 is 5.32 Å². The third kappa shape index (κ3) is 4.35. The van der Waals surface area contributed by atoms with Crippen LogP contribution in [0.2, 0.25) is 0 Å². The van der Waals surface area contributed by atoms with E-state index < -0.39 is 5.97 Å². The summed E-state index contributed by atoms with van der Waals surface area (Å²) in [4.78, 5) is 27.9. The highest BCUT2D eigenvalue weighted by Gasteiger charge is 2.09. The van der Waals surface area contributed by atoms with Gasteiger partial charge in [-0.05, 0) is 47.5 Å². The van der Waals surface area contributed by atoms with Crippen LogP contribution in [0.1, 0.15) is 37.5 Å². The van der Waals surface area contributed by atoms with Gasteiger partial charge in [0.05, 0.1) is 16.8 Å². The Bertz CT molecular complexity index is 1210. The van der Waals surface area contributed by atoms with Crippen LogP contribution in [-0.4, -0.2) is 26.4 Å². The van der Waals surface area contributed by atoms with Crippen molar-refractivity contribution in [3.8, 4) is 0 Å². The van der Waals surface area contributed by atoms with Gasteiger partial charge in [-0.25, -0.2) is 14.2 Å². The third-order valence-corrected chi connectivity index (χ3v) is 4.72. The van der Waals surface area contributed by atoms with Crippen molar-refractivity contribution in [1.82, 2.24) is 14.7 Å². The second kappa shape index (κ2) is 8.16. The third-order valence-electron chi connectivity index (χ3n) is 4.72.